The summed E-state index contributed by atoms with van der Waals surface area (Å²) >= 11 is 0. The average molecular weight is 78.1 g/mol. The van der Waals surface area contributed by atoms with E-state index in [-0.39, 0.29) is 0 Å². The van der Waals surface area contributed by atoms with Crippen LogP contribution in [0, 0.1) is 12.4 Å². The van der Waals surface area contributed by atoms with Gasteiger partial charge in [0.1, 0.15) is 12.4 Å². The molecule has 0 unspecified atom stereocenters. The van der Waals surface area contributed by atoms with Gasteiger partial charge in [0.15, 0.2) is 0 Å². The summed E-state index contributed by atoms with van der Waals surface area (Å²) in [5, 5.41) is 6.71. The molecule has 0 aliphatic heterocycles. The third-order valence-electron chi connectivity index (χ3n) is 0.398. The minimum Gasteiger partial charge on any atom is -0.148 e. The highest BCUT2D eigenvalue weighted by molar-refractivity contribution is 4.76. The third-order valence-corrected chi connectivity index (χ3v) is 0.398. The Morgan fingerprint density at radius 3 is 1.67 bits per heavy atom. The molecule has 1 heterocycles. The molecule has 0 aromatic carbocycles. The predicted octanol–water partition coefficient (Wildman–Crippen LogP) is 0.0770. The van der Waals surface area contributed by atoms with Gasteiger partial charge in [-0.05, 0) is 12.1 Å². The zero-order valence-corrected chi connectivity index (χ0v) is 3.05. The zero-order chi connectivity index (χ0) is 4.24. The van der Waals surface area contributed by atoms with Gasteiger partial charge in [-0.1, -0.05) is 0 Å². The molecule has 0 bridgehead atoms. The lowest BCUT2D eigenvalue weighted by atomic mass is 10.6. The van der Waals surface area contributed by atoms with Gasteiger partial charge in [-0.3, -0.25) is 0 Å². The van der Waals surface area contributed by atoms with Crippen molar-refractivity contribution in [3.05, 3.63) is 24.5 Å². The average Bonchev–Trinajstić information content (AvgIpc) is 1.72. The van der Waals surface area contributed by atoms with Crippen LogP contribution in [-0.2, 0) is 0 Å². The summed E-state index contributed by atoms with van der Waals surface area (Å²) in [5.74, 6) is 0. The minimum absolute atomic E-state index is 1.65. The van der Waals surface area contributed by atoms with Gasteiger partial charge in [-0.15, -0.1) is 10.2 Å². The number of hydrogen-bond donors (Lipinski definition) is 0. The Morgan fingerprint density at radius 1 is 1.00 bits per heavy atom. The summed E-state index contributed by atoms with van der Waals surface area (Å²) in [6.07, 6.45) is 5.00. The van der Waals surface area contributed by atoms with E-state index >= 15 is 0 Å². The van der Waals surface area contributed by atoms with Crippen molar-refractivity contribution in [3.63, 3.8) is 0 Å². The maximum atomic E-state index is 3.35. The topological polar surface area (TPSA) is 25.8 Å². The second kappa shape index (κ2) is 1.50. The molecule has 1 rings (SSSR count). The second-order valence-corrected chi connectivity index (χ2v) is 0.792. The third kappa shape index (κ3) is 0.516. The summed E-state index contributed by atoms with van der Waals surface area (Å²) in [6, 6.07) is 3.29. The van der Waals surface area contributed by atoms with Crippen molar-refractivity contribution >= 4 is 0 Å². The van der Waals surface area contributed by atoms with Crippen molar-refractivity contribution in [3.8, 4) is 0 Å². The van der Waals surface area contributed by atoms with Crippen LogP contribution in [0.4, 0.5) is 0 Å². The molecule has 2 heteroatoms. The van der Waals surface area contributed by atoms with Crippen LogP contribution in [0.3, 0.4) is 0 Å². The van der Waals surface area contributed by atoms with E-state index < -0.39 is 0 Å². The maximum absolute atomic E-state index is 3.35. The summed E-state index contributed by atoms with van der Waals surface area (Å²) < 4.78 is 0. The molecule has 2 nitrogen and oxygen atoms in total. The molecule has 1 aromatic heterocycles. The molecule has 0 aliphatic rings. The lowest BCUT2D eigenvalue weighted by Gasteiger charge is -1.66. The highest BCUT2D eigenvalue weighted by Gasteiger charge is 1.62. The van der Waals surface area contributed by atoms with Gasteiger partial charge in [-0.25, -0.2) is 0 Å². The van der Waals surface area contributed by atoms with Crippen LogP contribution in [-0.4, -0.2) is 10.2 Å². The molecule has 0 saturated heterocycles. The molecule has 0 saturated carbocycles. The molecule has 0 atom stereocenters. The van der Waals surface area contributed by atoms with Gasteiger partial charge < -0.3 is 0 Å². The van der Waals surface area contributed by atoms with Crippen LogP contribution in [0.5, 0.6) is 0 Å². The molecule has 0 aliphatic carbocycles. The first-order valence-corrected chi connectivity index (χ1v) is 1.56. The molecule has 0 fully saturated rings. The van der Waals surface area contributed by atoms with Gasteiger partial charge in [0.2, 0.25) is 0 Å². The number of aromatic nitrogens is 2. The fourth-order valence-corrected chi connectivity index (χ4v) is 0.199. The SMILES string of the molecule is [c]1cc[c]nn1. The van der Waals surface area contributed by atoms with E-state index in [1.165, 1.54) is 0 Å². The molecule has 0 spiro atoms. The molecule has 6 heavy (non-hydrogen) atoms. The van der Waals surface area contributed by atoms with E-state index in [0.29, 0.717) is 0 Å². The first-order valence-electron chi connectivity index (χ1n) is 1.56. The molecular formula is C4H2N2. The summed E-state index contributed by atoms with van der Waals surface area (Å²) in [4.78, 5) is 0. The normalized spacial score (nSPS) is 8.00. The summed E-state index contributed by atoms with van der Waals surface area (Å²) in [5.41, 5.74) is 0. The Bertz CT molecular complexity index is 77.5. The molecule has 28 valence electrons. The Morgan fingerprint density at radius 2 is 1.50 bits per heavy atom. The number of hydrogen-bond acceptors (Lipinski definition) is 2. The molecule has 0 N–H and O–H groups in total. The Labute approximate surface area is 35.8 Å². The van der Waals surface area contributed by atoms with Gasteiger partial charge in [0, 0.05) is 0 Å². The Hall–Kier alpha value is -0.920. The fraction of sp³-hybridized carbons (Fsp3) is 0. The minimum atomic E-state index is 1.65. The van der Waals surface area contributed by atoms with E-state index in [4.69, 9.17) is 0 Å². The lowest BCUT2D eigenvalue weighted by molar-refractivity contribution is 1.01. The van der Waals surface area contributed by atoms with E-state index in [1.54, 1.807) is 12.1 Å². The predicted molar refractivity (Wildman–Crippen MR) is 19.7 cm³/mol. The first kappa shape index (κ1) is 3.28. The molecule has 2 radical (unpaired) electrons. The van der Waals surface area contributed by atoms with Crippen molar-refractivity contribution in [1.29, 1.82) is 0 Å². The van der Waals surface area contributed by atoms with Crippen LogP contribution in [0.15, 0.2) is 12.1 Å². The van der Waals surface area contributed by atoms with Crippen LogP contribution >= 0.6 is 0 Å². The smallest absolute Gasteiger partial charge is 0.113 e. The van der Waals surface area contributed by atoms with Crippen LogP contribution in [0.25, 0.3) is 0 Å². The van der Waals surface area contributed by atoms with Gasteiger partial charge in [0.05, 0.1) is 0 Å². The highest BCUT2D eigenvalue weighted by atomic mass is 15.1. The summed E-state index contributed by atoms with van der Waals surface area (Å²) in [6.45, 7) is 0. The van der Waals surface area contributed by atoms with E-state index in [0.717, 1.165) is 0 Å². The van der Waals surface area contributed by atoms with Gasteiger partial charge >= 0.3 is 0 Å². The van der Waals surface area contributed by atoms with Crippen LogP contribution in [0.1, 0.15) is 0 Å². The highest BCUT2D eigenvalue weighted by Crippen LogP contribution is 1.65. The van der Waals surface area contributed by atoms with Crippen LogP contribution < -0.4 is 0 Å². The largest absolute Gasteiger partial charge is 0.148 e. The molecular weight excluding hydrogens is 76.1 g/mol. The first-order chi connectivity index (χ1) is 3.00. The van der Waals surface area contributed by atoms with E-state index in [9.17, 15) is 0 Å². The van der Waals surface area contributed by atoms with Crippen molar-refractivity contribution < 1.29 is 0 Å². The van der Waals surface area contributed by atoms with Crippen molar-refractivity contribution in [1.82, 2.24) is 10.2 Å². The van der Waals surface area contributed by atoms with E-state index in [2.05, 4.69) is 22.6 Å². The Balaban J connectivity index is 3.00. The van der Waals surface area contributed by atoms with Crippen molar-refractivity contribution in [2.24, 2.45) is 0 Å². The second-order valence-electron chi connectivity index (χ2n) is 0.792. The molecule has 1 aromatic rings. The fourth-order valence-electron chi connectivity index (χ4n) is 0.199. The monoisotopic (exact) mass is 78.0 g/mol. The maximum Gasteiger partial charge on any atom is 0.113 e. The lowest BCUT2D eigenvalue weighted by Crippen LogP contribution is -1.71. The zero-order valence-electron chi connectivity index (χ0n) is 3.05. The number of rotatable bonds is 0. The summed E-state index contributed by atoms with van der Waals surface area (Å²) in [7, 11) is 0. The van der Waals surface area contributed by atoms with Gasteiger partial charge in [-0.2, -0.15) is 0 Å². The molecule has 0 amide bonds. The van der Waals surface area contributed by atoms with Crippen molar-refractivity contribution in [2.45, 2.75) is 0 Å². The standard InChI is InChI=1S/C4H2N2/c1-2-4-6-5-3-1/h1-2H. The Kier molecular flexibility index (Phi) is 0.819. The van der Waals surface area contributed by atoms with Crippen LogP contribution in [0.2, 0.25) is 0 Å². The number of nitrogens with zero attached hydrogens (tertiary/aromatic N) is 2. The van der Waals surface area contributed by atoms with E-state index in [1.807, 2.05) is 0 Å². The quantitative estimate of drug-likeness (QED) is 0.439. The van der Waals surface area contributed by atoms with Gasteiger partial charge in [0.25, 0.3) is 0 Å². The van der Waals surface area contributed by atoms with Crippen molar-refractivity contribution in [2.75, 3.05) is 0 Å².